The van der Waals surface area contributed by atoms with Gasteiger partial charge in [0.15, 0.2) is 5.82 Å². The molecule has 3 atom stereocenters. The molecule has 1 aliphatic carbocycles. The molecule has 5 rings (SSSR count). The lowest BCUT2D eigenvalue weighted by molar-refractivity contribution is -0.525. The van der Waals surface area contributed by atoms with Crippen LogP contribution in [-0.2, 0) is 5.41 Å². The second-order valence-electron chi connectivity index (χ2n) is 13.1. The topological polar surface area (TPSA) is 274 Å². The van der Waals surface area contributed by atoms with E-state index < -0.39 is 68.9 Å². The first kappa shape index (κ1) is 43.0. The SMILES string of the molecule is CC1(O)C(O)(O)C(O)(O)C(O)(O)C(O)[C@@]1(C)c1c(-c2ccc(C(=O)O)cc2)c2c(F)c(N)c(C=N)cc2n1-c1ccc(F)cc1.CCCCCC.CO. The van der Waals surface area contributed by atoms with Crippen LogP contribution in [0.5, 0.6) is 0 Å². The first-order valence-corrected chi connectivity index (χ1v) is 16.6. The third-order valence-electron chi connectivity index (χ3n) is 9.99. The van der Waals surface area contributed by atoms with Crippen LogP contribution >= 0.6 is 0 Å². The summed E-state index contributed by atoms with van der Waals surface area (Å²) in [7, 11) is 1.00. The van der Waals surface area contributed by atoms with Crippen molar-refractivity contribution in [3.05, 3.63) is 83.1 Å². The van der Waals surface area contributed by atoms with E-state index in [-0.39, 0.29) is 33.5 Å². The number of aromatic carboxylic acids is 1. The van der Waals surface area contributed by atoms with E-state index in [0.717, 1.165) is 49.1 Å². The Hall–Kier alpha value is -4.36. The van der Waals surface area contributed by atoms with Crippen molar-refractivity contribution in [1.82, 2.24) is 4.57 Å². The number of nitrogens with two attached hydrogens (primary N) is 1. The van der Waals surface area contributed by atoms with Crippen molar-refractivity contribution < 1.29 is 64.6 Å². The molecule has 2 unspecified atom stereocenters. The number of aliphatic hydroxyl groups excluding tert-OH is 2. The summed E-state index contributed by atoms with van der Waals surface area (Å²) in [6, 6.07) is 10.2. The Bertz CT molecular complexity index is 1940. The summed E-state index contributed by atoms with van der Waals surface area (Å²) in [6.45, 7) is 6.01. The summed E-state index contributed by atoms with van der Waals surface area (Å²) >= 11 is 0. The zero-order valence-electron chi connectivity index (χ0n) is 29.8. The van der Waals surface area contributed by atoms with Gasteiger partial charge in [-0.3, -0.25) is 0 Å². The highest BCUT2D eigenvalue weighted by atomic mass is 19.1. The average molecular weight is 748 g/mol. The van der Waals surface area contributed by atoms with Crippen LogP contribution in [0.3, 0.4) is 0 Å². The Morgan fingerprint density at radius 3 is 1.85 bits per heavy atom. The number of rotatable bonds is 8. The van der Waals surface area contributed by atoms with Crippen molar-refractivity contribution in [2.75, 3.05) is 12.8 Å². The minimum Gasteiger partial charge on any atom is -0.478 e. The Labute approximate surface area is 303 Å². The number of unbranched alkanes of at least 4 members (excludes halogenated alkanes) is 3. The molecule has 0 bridgehead atoms. The number of aliphatic hydroxyl groups is 9. The summed E-state index contributed by atoms with van der Waals surface area (Å²) < 4.78 is 31.6. The van der Waals surface area contributed by atoms with Gasteiger partial charge in [-0.05, 0) is 61.9 Å². The van der Waals surface area contributed by atoms with Crippen molar-refractivity contribution in [3.63, 3.8) is 0 Å². The molecule has 1 aliphatic rings. The molecule has 0 aliphatic heterocycles. The molecule has 0 spiro atoms. The van der Waals surface area contributed by atoms with E-state index in [4.69, 9.17) is 16.2 Å². The molecule has 1 saturated carbocycles. The average Bonchev–Trinajstić information content (AvgIpc) is 3.47. The maximum Gasteiger partial charge on any atom is 0.335 e. The molecule has 290 valence electrons. The normalized spacial score (nSPS) is 22.6. The van der Waals surface area contributed by atoms with E-state index in [0.29, 0.717) is 6.92 Å². The molecule has 13 N–H and O–H groups in total. The molecule has 3 aromatic carbocycles. The maximum absolute atomic E-state index is 16.4. The Balaban J connectivity index is 0.000000860. The molecule has 0 saturated heterocycles. The van der Waals surface area contributed by atoms with E-state index in [1.807, 2.05) is 0 Å². The predicted octanol–water partition coefficient (Wildman–Crippen LogP) is 2.47. The highest BCUT2D eigenvalue weighted by Crippen LogP contribution is 2.59. The Morgan fingerprint density at radius 2 is 1.40 bits per heavy atom. The van der Waals surface area contributed by atoms with Crippen molar-refractivity contribution >= 4 is 28.8 Å². The monoisotopic (exact) mass is 747 g/mol. The molecule has 14 nitrogen and oxygen atoms in total. The van der Waals surface area contributed by atoms with Gasteiger partial charge in [0.05, 0.1) is 22.2 Å². The van der Waals surface area contributed by atoms with Crippen molar-refractivity contribution in [1.29, 1.82) is 5.41 Å². The summed E-state index contributed by atoms with van der Waals surface area (Å²) in [6.07, 6.45) is 3.33. The van der Waals surface area contributed by atoms with Crippen LogP contribution in [0.15, 0.2) is 54.6 Å². The number of hydrogen-bond acceptors (Lipinski definition) is 12. The number of aromatic nitrogens is 1. The molecule has 4 aromatic rings. The van der Waals surface area contributed by atoms with Gasteiger partial charge in [-0.2, -0.15) is 0 Å². The number of halogens is 2. The third-order valence-corrected chi connectivity index (χ3v) is 9.99. The number of carboxylic acid groups (broad SMARTS) is 1. The van der Waals surface area contributed by atoms with Crippen molar-refractivity contribution in [2.45, 2.75) is 87.9 Å². The molecular formula is C37H47F2N3O11. The van der Waals surface area contributed by atoms with E-state index in [1.54, 1.807) is 0 Å². The van der Waals surface area contributed by atoms with Gasteiger partial charge in [-0.1, -0.05) is 51.7 Å². The number of nitrogens with zero attached hydrogens (tertiary/aromatic N) is 1. The number of fused-ring (bicyclic) bond motifs is 1. The zero-order chi connectivity index (χ0) is 40.5. The van der Waals surface area contributed by atoms with Gasteiger partial charge in [0.1, 0.15) is 17.5 Å². The molecule has 53 heavy (non-hydrogen) atoms. The van der Waals surface area contributed by atoms with Gasteiger partial charge in [0, 0.05) is 41.2 Å². The largest absolute Gasteiger partial charge is 0.478 e. The lowest BCUT2D eigenvalue weighted by atomic mass is 9.54. The van der Waals surface area contributed by atoms with Crippen molar-refractivity contribution in [3.8, 4) is 16.8 Å². The number of hydrogen-bond donors (Lipinski definition) is 12. The smallest absolute Gasteiger partial charge is 0.335 e. The van der Waals surface area contributed by atoms with Crippen LogP contribution in [0.4, 0.5) is 14.5 Å². The van der Waals surface area contributed by atoms with Gasteiger partial charge >= 0.3 is 5.97 Å². The Kier molecular flexibility index (Phi) is 12.6. The minimum absolute atomic E-state index is 0.0260. The quantitative estimate of drug-likeness (QED) is 0.0536. The lowest BCUT2D eigenvalue weighted by Crippen LogP contribution is -2.89. The van der Waals surface area contributed by atoms with Crippen LogP contribution < -0.4 is 5.73 Å². The molecule has 16 heteroatoms. The number of benzene rings is 3. The fraction of sp³-hybridized carbons (Fsp3) is 0.405. The van der Waals surface area contributed by atoms with E-state index >= 15 is 4.39 Å². The van der Waals surface area contributed by atoms with E-state index in [2.05, 4.69) is 13.8 Å². The summed E-state index contributed by atoms with van der Waals surface area (Å²) in [5, 5.41) is 112. The summed E-state index contributed by atoms with van der Waals surface area (Å²) in [4.78, 5) is 11.6. The molecule has 1 heterocycles. The fourth-order valence-corrected chi connectivity index (χ4v) is 6.64. The predicted molar refractivity (Wildman–Crippen MR) is 191 cm³/mol. The molecule has 1 fully saturated rings. The number of nitrogen functional groups attached to an aromatic ring is 1. The van der Waals surface area contributed by atoms with Gasteiger partial charge in [-0.15, -0.1) is 0 Å². The van der Waals surface area contributed by atoms with Crippen LogP contribution in [0.25, 0.3) is 27.7 Å². The highest BCUT2D eigenvalue weighted by Gasteiger charge is 2.83. The number of carboxylic acids is 1. The number of carbonyl (C=O) groups is 1. The molecule has 0 radical (unpaired) electrons. The maximum atomic E-state index is 16.4. The molecule has 1 aromatic heterocycles. The lowest BCUT2D eigenvalue weighted by Gasteiger charge is -2.63. The third kappa shape index (κ3) is 6.60. The summed E-state index contributed by atoms with van der Waals surface area (Å²) in [5.74, 6) is -16.0. The van der Waals surface area contributed by atoms with Gasteiger partial charge in [-0.25, -0.2) is 13.6 Å². The molecule has 0 amide bonds. The van der Waals surface area contributed by atoms with E-state index in [1.165, 1.54) is 56.0 Å². The zero-order valence-corrected chi connectivity index (χ0v) is 29.8. The van der Waals surface area contributed by atoms with Crippen LogP contribution in [-0.4, -0.2) is 104 Å². The van der Waals surface area contributed by atoms with Gasteiger partial charge in [0.25, 0.3) is 17.4 Å². The number of anilines is 1. The first-order chi connectivity index (χ1) is 24.6. The minimum atomic E-state index is -4.40. The van der Waals surface area contributed by atoms with Crippen LogP contribution in [0, 0.1) is 17.0 Å². The van der Waals surface area contributed by atoms with Gasteiger partial charge < -0.3 is 66.8 Å². The van der Waals surface area contributed by atoms with Crippen molar-refractivity contribution in [2.24, 2.45) is 0 Å². The highest BCUT2D eigenvalue weighted by molar-refractivity contribution is 6.05. The Morgan fingerprint density at radius 1 is 0.887 bits per heavy atom. The van der Waals surface area contributed by atoms with Gasteiger partial charge in [0.2, 0.25) is 0 Å². The second kappa shape index (κ2) is 15.5. The van der Waals surface area contributed by atoms with Crippen LogP contribution in [0.2, 0.25) is 0 Å². The second-order valence-corrected chi connectivity index (χ2v) is 13.1. The first-order valence-electron chi connectivity index (χ1n) is 16.6. The fourth-order valence-electron chi connectivity index (χ4n) is 6.64. The standard InChI is InChI=1S/C30H29F2N3O10.C6H14.CH4O/c1-26(25(38)28(40,41)30(44,45)29(42,43)27(26,2)39)23-19(13-3-5-14(6-4-13)24(36)37)20-18(11-15(12-33)22(34)21(20)32)35(23)17-9-7-16(31)8-10-17;1-3-5-6-4-2;1-2/h3-12,25,33,38-45H,34H2,1-2H3,(H,36,37);3-6H2,1-2H3;2H,1H3/t25?,26-,27?;;/m1../s1. The van der Waals surface area contributed by atoms with Crippen LogP contribution in [0.1, 0.15) is 75.0 Å². The molecular weight excluding hydrogens is 700 g/mol. The number of nitrogens with one attached hydrogen (secondary N) is 1. The van der Waals surface area contributed by atoms with E-state index in [9.17, 15) is 55.1 Å². The summed E-state index contributed by atoms with van der Waals surface area (Å²) in [5.41, 5.74) is -2.18.